The van der Waals surface area contributed by atoms with Gasteiger partial charge in [-0.25, -0.2) is 4.98 Å². The van der Waals surface area contributed by atoms with Crippen molar-refractivity contribution >= 4 is 12.0 Å². The van der Waals surface area contributed by atoms with E-state index in [9.17, 15) is 0 Å². The van der Waals surface area contributed by atoms with Crippen molar-refractivity contribution in [2.45, 2.75) is 6.04 Å². The van der Waals surface area contributed by atoms with Gasteiger partial charge in [-0.3, -0.25) is 4.98 Å². The molecule has 1 aliphatic heterocycles. The Hall–Kier alpha value is -2.63. The first kappa shape index (κ1) is 10.5. The minimum atomic E-state index is -0.230. The number of hydrogen-bond donors (Lipinski definition) is 0. The summed E-state index contributed by atoms with van der Waals surface area (Å²) in [5.74, 6) is 0.636. The molecule has 0 aliphatic carbocycles. The van der Waals surface area contributed by atoms with E-state index in [4.69, 9.17) is 0 Å². The van der Waals surface area contributed by atoms with Gasteiger partial charge < -0.3 is 0 Å². The molecule has 0 spiro atoms. The smallest absolute Gasteiger partial charge is 0.176 e. The van der Waals surface area contributed by atoms with Crippen molar-refractivity contribution in [3.63, 3.8) is 0 Å². The SMILES string of the molecule is C1=NN(c2ccccn2)N=NC1c1ccccn1. The first-order valence-electron chi connectivity index (χ1n) is 5.50. The van der Waals surface area contributed by atoms with Crippen LogP contribution in [0.2, 0.25) is 0 Å². The molecular weight excluding hydrogens is 228 g/mol. The van der Waals surface area contributed by atoms with Crippen LogP contribution in [0.5, 0.6) is 0 Å². The van der Waals surface area contributed by atoms with E-state index in [1.54, 1.807) is 18.6 Å². The zero-order valence-electron chi connectivity index (χ0n) is 9.46. The highest BCUT2D eigenvalue weighted by Crippen LogP contribution is 2.20. The summed E-state index contributed by atoms with van der Waals surface area (Å²) in [5.41, 5.74) is 0.825. The number of hydrogen-bond acceptors (Lipinski definition) is 6. The van der Waals surface area contributed by atoms with E-state index in [1.165, 1.54) is 5.12 Å². The second-order valence-electron chi connectivity index (χ2n) is 3.65. The quantitative estimate of drug-likeness (QED) is 0.806. The van der Waals surface area contributed by atoms with Crippen molar-refractivity contribution in [1.29, 1.82) is 0 Å². The van der Waals surface area contributed by atoms with Crippen LogP contribution in [0.1, 0.15) is 11.7 Å². The molecule has 3 rings (SSSR count). The number of rotatable bonds is 2. The molecule has 2 aromatic heterocycles. The van der Waals surface area contributed by atoms with Crippen molar-refractivity contribution in [3.05, 3.63) is 54.5 Å². The molecule has 1 aliphatic rings. The van der Waals surface area contributed by atoms with Crippen molar-refractivity contribution in [2.75, 3.05) is 5.12 Å². The lowest BCUT2D eigenvalue weighted by atomic mass is 10.2. The fourth-order valence-corrected chi connectivity index (χ4v) is 1.55. The third-order valence-corrected chi connectivity index (χ3v) is 2.42. The van der Waals surface area contributed by atoms with E-state index >= 15 is 0 Å². The van der Waals surface area contributed by atoms with Gasteiger partial charge in [0.1, 0.15) is 0 Å². The predicted molar refractivity (Wildman–Crippen MR) is 67.0 cm³/mol. The maximum atomic E-state index is 4.22. The highest BCUT2D eigenvalue weighted by Gasteiger charge is 2.15. The van der Waals surface area contributed by atoms with Gasteiger partial charge in [0.25, 0.3) is 0 Å². The highest BCUT2D eigenvalue weighted by atomic mass is 15.7. The molecule has 1 atom stereocenters. The maximum absolute atomic E-state index is 4.22. The fourth-order valence-electron chi connectivity index (χ4n) is 1.55. The molecule has 0 radical (unpaired) electrons. The Balaban J connectivity index is 1.79. The summed E-state index contributed by atoms with van der Waals surface area (Å²) >= 11 is 0. The number of hydrazone groups is 1. The molecule has 1 unspecified atom stereocenters. The monoisotopic (exact) mass is 238 g/mol. The van der Waals surface area contributed by atoms with Crippen LogP contribution in [0.15, 0.2) is 64.2 Å². The van der Waals surface area contributed by atoms with Gasteiger partial charge in [-0.1, -0.05) is 12.1 Å². The van der Waals surface area contributed by atoms with Crippen molar-refractivity contribution in [2.24, 2.45) is 15.4 Å². The molecule has 0 fully saturated rings. The van der Waals surface area contributed by atoms with Gasteiger partial charge in [-0.2, -0.15) is 10.2 Å². The summed E-state index contributed by atoms with van der Waals surface area (Å²) in [6.45, 7) is 0. The molecule has 6 heteroatoms. The second kappa shape index (κ2) is 4.70. The fraction of sp³-hybridized carbons (Fsp3) is 0.0833. The first-order valence-corrected chi connectivity index (χ1v) is 5.50. The van der Waals surface area contributed by atoms with Crippen LogP contribution < -0.4 is 5.12 Å². The predicted octanol–water partition coefficient (Wildman–Crippen LogP) is 2.39. The molecule has 0 aromatic carbocycles. The highest BCUT2D eigenvalue weighted by molar-refractivity contribution is 5.68. The molecule has 0 amide bonds. The van der Waals surface area contributed by atoms with E-state index in [2.05, 4.69) is 25.4 Å². The molecule has 2 aromatic rings. The average molecular weight is 238 g/mol. The van der Waals surface area contributed by atoms with Gasteiger partial charge in [0.2, 0.25) is 0 Å². The van der Waals surface area contributed by atoms with Crippen LogP contribution >= 0.6 is 0 Å². The van der Waals surface area contributed by atoms with Crippen molar-refractivity contribution in [3.8, 4) is 0 Å². The van der Waals surface area contributed by atoms with Gasteiger partial charge in [0.15, 0.2) is 11.9 Å². The standard InChI is InChI=1S/C12H10N6/c1-3-7-13-10(5-1)11-9-15-18(17-16-11)12-6-2-4-8-14-12/h1-9,11H. The number of nitrogens with zero attached hydrogens (tertiary/aromatic N) is 6. The van der Waals surface area contributed by atoms with Crippen molar-refractivity contribution in [1.82, 2.24) is 9.97 Å². The van der Waals surface area contributed by atoms with Gasteiger partial charge in [0.05, 0.1) is 11.9 Å². The Morgan fingerprint density at radius 2 is 1.78 bits per heavy atom. The topological polar surface area (TPSA) is 66.1 Å². The summed E-state index contributed by atoms with van der Waals surface area (Å²) in [7, 11) is 0. The normalized spacial score (nSPS) is 18.0. The van der Waals surface area contributed by atoms with Crippen LogP contribution in [-0.2, 0) is 0 Å². The minimum absolute atomic E-state index is 0.230. The Bertz CT molecular complexity index is 500. The Morgan fingerprint density at radius 1 is 0.944 bits per heavy atom. The number of pyridine rings is 2. The third kappa shape index (κ3) is 2.08. The average Bonchev–Trinajstić information content (AvgIpc) is 2.49. The first-order chi connectivity index (χ1) is 8.93. The third-order valence-electron chi connectivity index (χ3n) is 2.42. The lowest BCUT2D eigenvalue weighted by Crippen LogP contribution is -2.15. The van der Waals surface area contributed by atoms with E-state index in [0.29, 0.717) is 5.82 Å². The van der Waals surface area contributed by atoms with Crippen molar-refractivity contribution < 1.29 is 0 Å². The minimum Gasteiger partial charge on any atom is -0.259 e. The molecule has 0 saturated carbocycles. The van der Waals surface area contributed by atoms with E-state index in [-0.39, 0.29) is 6.04 Å². The van der Waals surface area contributed by atoms with Gasteiger partial charge in [0, 0.05) is 12.4 Å². The van der Waals surface area contributed by atoms with Crippen LogP contribution in [-0.4, -0.2) is 16.2 Å². The number of anilines is 1. The maximum Gasteiger partial charge on any atom is 0.176 e. The Kier molecular flexibility index (Phi) is 2.75. The zero-order valence-corrected chi connectivity index (χ0v) is 9.46. The van der Waals surface area contributed by atoms with Crippen LogP contribution in [0.3, 0.4) is 0 Å². The van der Waals surface area contributed by atoms with E-state index in [1.807, 2.05) is 36.4 Å². The molecule has 0 bridgehead atoms. The summed E-state index contributed by atoms with van der Waals surface area (Å²) in [6, 6.07) is 11.0. The molecular formula is C12H10N6. The molecule has 18 heavy (non-hydrogen) atoms. The van der Waals surface area contributed by atoms with E-state index < -0.39 is 0 Å². The molecule has 0 N–H and O–H groups in total. The zero-order chi connectivity index (χ0) is 12.2. The van der Waals surface area contributed by atoms with Crippen LogP contribution in [0, 0.1) is 0 Å². The van der Waals surface area contributed by atoms with Gasteiger partial charge >= 0.3 is 0 Å². The van der Waals surface area contributed by atoms with Gasteiger partial charge in [-0.15, -0.1) is 5.12 Å². The molecule has 3 heterocycles. The lowest BCUT2D eigenvalue weighted by molar-refractivity contribution is 0.713. The van der Waals surface area contributed by atoms with Crippen LogP contribution in [0.4, 0.5) is 5.82 Å². The largest absolute Gasteiger partial charge is 0.259 e. The summed E-state index contributed by atoms with van der Waals surface area (Å²) < 4.78 is 0. The summed E-state index contributed by atoms with van der Waals surface area (Å²) in [5, 5.41) is 13.8. The second-order valence-corrected chi connectivity index (χ2v) is 3.65. The summed E-state index contributed by atoms with van der Waals surface area (Å²) in [6.07, 6.45) is 5.11. The van der Waals surface area contributed by atoms with Gasteiger partial charge in [-0.05, 0) is 29.5 Å². The lowest BCUT2D eigenvalue weighted by Gasteiger charge is -2.16. The Morgan fingerprint density at radius 3 is 2.39 bits per heavy atom. The molecule has 88 valence electrons. The molecule has 6 nitrogen and oxygen atoms in total. The Labute approximate surface area is 104 Å². The molecule has 0 saturated heterocycles. The number of aromatic nitrogens is 2. The summed E-state index contributed by atoms with van der Waals surface area (Å²) in [4.78, 5) is 8.36. The van der Waals surface area contributed by atoms with Crippen LogP contribution in [0.25, 0.3) is 0 Å². The van der Waals surface area contributed by atoms with E-state index in [0.717, 1.165) is 5.69 Å².